The van der Waals surface area contributed by atoms with Gasteiger partial charge in [0.25, 0.3) is 0 Å². The molecule has 0 aromatic carbocycles. The zero-order valence-electron chi connectivity index (χ0n) is 13.6. The van der Waals surface area contributed by atoms with Gasteiger partial charge in [-0.15, -0.1) is 0 Å². The van der Waals surface area contributed by atoms with E-state index in [1.165, 1.54) is 11.1 Å². The molecule has 1 fully saturated rings. The van der Waals surface area contributed by atoms with E-state index >= 15 is 0 Å². The summed E-state index contributed by atoms with van der Waals surface area (Å²) < 4.78 is 0. The van der Waals surface area contributed by atoms with Crippen molar-refractivity contribution < 1.29 is 4.79 Å². The first kappa shape index (κ1) is 16.0. The fourth-order valence-corrected chi connectivity index (χ4v) is 2.70. The highest BCUT2D eigenvalue weighted by Crippen LogP contribution is 2.21. The summed E-state index contributed by atoms with van der Waals surface area (Å²) in [5.41, 5.74) is 2.26. The smallest absolute Gasteiger partial charge is 0.227 e. The number of carbonyl (C=O) groups excluding carboxylic acids is 1. The SMILES string of the molecule is Cc1ccncc1CNC1CCN(C(=O)C(C)(C)C)CC1. The first-order valence-electron chi connectivity index (χ1n) is 7.80. The molecule has 1 N–H and O–H groups in total. The minimum absolute atomic E-state index is 0.268. The maximum atomic E-state index is 12.2. The Hall–Kier alpha value is -1.42. The molecule has 2 heterocycles. The fraction of sp³-hybridized carbons (Fsp3) is 0.647. The van der Waals surface area contributed by atoms with Gasteiger partial charge in [-0.2, -0.15) is 0 Å². The molecule has 0 unspecified atom stereocenters. The van der Waals surface area contributed by atoms with Crippen LogP contribution < -0.4 is 5.32 Å². The Bertz CT molecular complexity index is 485. The van der Waals surface area contributed by atoms with Crippen LogP contribution in [0.4, 0.5) is 0 Å². The molecule has 1 aliphatic heterocycles. The lowest BCUT2D eigenvalue weighted by molar-refractivity contribution is -0.140. The molecule has 21 heavy (non-hydrogen) atoms. The normalized spacial score (nSPS) is 17.0. The second-order valence-corrected chi connectivity index (χ2v) is 7.00. The largest absolute Gasteiger partial charge is 0.342 e. The summed E-state index contributed by atoms with van der Waals surface area (Å²) in [6, 6.07) is 2.54. The maximum absolute atomic E-state index is 12.2. The van der Waals surface area contributed by atoms with Crippen molar-refractivity contribution in [2.45, 2.75) is 53.1 Å². The fourth-order valence-electron chi connectivity index (χ4n) is 2.70. The van der Waals surface area contributed by atoms with Gasteiger partial charge in [-0.25, -0.2) is 0 Å². The van der Waals surface area contributed by atoms with Crippen LogP contribution in [0.15, 0.2) is 18.5 Å². The maximum Gasteiger partial charge on any atom is 0.227 e. The molecule has 0 aliphatic carbocycles. The Morgan fingerprint density at radius 1 is 1.38 bits per heavy atom. The van der Waals surface area contributed by atoms with Crippen molar-refractivity contribution in [3.05, 3.63) is 29.6 Å². The molecule has 1 aliphatic rings. The lowest BCUT2D eigenvalue weighted by atomic mass is 9.93. The standard InChI is InChI=1S/C17H27N3O/c1-13-5-8-18-11-14(13)12-19-15-6-9-20(10-7-15)16(21)17(2,3)4/h5,8,11,15,19H,6-7,9-10,12H2,1-4H3. The summed E-state index contributed by atoms with van der Waals surface area (Å²) in [7, 11) is 0. The molecule has 0 bridgehead atoms. The van der Waals surface area contributed by atoms with E-state index in [9.17, 15) is 4.79 Å². The van der Waals surface area contributed by atoms with Gasteiger partial charge in [-0.05, 0) is 37.0 Å². The predicted molar refractivity (Wildman–Crippen MR) is 84.9 cm³/mol. The van der Waals surface area contributed by atoms with E-state index in [1.807, 2.05) is 44.1 Å². The summed E-state index contributed by atoms with van der Waals surface area (Å²) in [6.45, 7) is 10.7. The highest BCUT2D eigenvalue weighted by Gasteiger charge is 2.30. The summed E-state index contributed by atoms with van der Waals surface area (Å²) in [6.07, 6.45) is 5.82. The predicted octanol–water partition coefficient (Wildman–Crippen LogP) is 2.52. The van der Waals surface area contributed by atoms with Crippen molar-refractivity contribution in [2.75, 3.05) is 13.1 Å². The van der Waals surface area contributed by atoms with Crippen LogP contribution in [-0.4, -0.2) is 34.9 Å². The van der Waals surface area contributed by atoms with Crippen LogP contribution in [0.25, 0.3) is 0 Å². The molecule has 0 spiro atoms. The molecular formula is C17H27N3O. The zero-order chi connectivity index (χ0) is 15.5. The van der Waals surface area contributed by atoms with Crippen molar-refractivity contribution in [3.63, 3.8) is 0 Å². The van der Waals surface area contributed by atoms with E-state index in [2.05, 4.69) is 17.2 Å². The molecule has 0 saturated carbocycles. The van der Waals surface area contributed by atoms with E-state index < -0.39 is 0 Å². The molecular weight excluding hydrogens is 262 g/mol. The van der Waals surface area contributed by atoms with Gasteiger partial charge in [0.2, 0.25) is 5.91 Å². The second kappa shape index (κ2) is 6.56. The summed E-state index contributed by atoms with van der Waals surface area (Å²) in [4.78, 5) is 18.4. The number of aryl methyl sites for hydroxylation is 1. The molecule has 4 heteroatoms. The van der Waals surface area contributed by atoms with Gasteiger partial charge < -0.3 is 10.2 Å². The number of likely N-dealkylation sites (tertiary alicyclic amines) is 1. The minimum Gasteiger partial charge on any atom is -0.342 e. The monoisotopic (exact) mass is 289 g/mol. The zero-order valence-corrected chi connectivity index (χ0v) is 13.6. The van der Waals surface area contributed by atoms with Crippen molar-refractivity contribution in [1.82, 2.24) is 15.2 Å². The quantitative estimate of drug-likeness (QED) is 0.930. The number of pyridine rings is 1. The number of aromatic nitrogens is 1. The minimum atomic E-state index is -0.271. The lowest BCUT2D eigenvalue weighted by Gasteiger charge is -2.36. The van der Waals surface area contributed by atoms with Crippen molar-refractivity contribution >= 4 is 5.91 Å². The lowest BCUT2D eigenvalue weighted by Crippen LogP contribution is -2.48. The Balaban J connectivity index is 1.80. The van der Waals surface area contributed by atoms with Crippen molar-refractivity contribution in [2.24, 2.45) is 5.41 Å². The highest BCUT2D eigenvalue weighted by molar-refractivity contribution is 5.81. The van der Waals surface area contributed by atoms with Gasteiger partial charge in [0, 0.05) is 43.5 Å². The Labute approximate surface area is 127 Å². The molecule has 4 nitrogen and oxygen atoms in total. The number of hydrogen-bond donors (Lipinski definition) is 1. The second-order valence-electron chi connectivity index (χ2n) is 7.00. The number of hydrogen-bond acceptors (Lipinski definition) is 3. The van der Waals surface area contributed by atoms with Crippen LogP contribution in [0.1, 0.15) is 44.7 Å². The summed E-state index contributed by atoms with van der Waals surface area (Å²) in [5, 5.41) is 3.60. The number of rotatable bonds is 3. The molecule has 116 valence electrons. The van der Waals surface area contributed by atoms with Gasteiger partial charge in [-0.3, -0.25) is 9.78 Å². The average Bonchev–Trinajstić information content (AvgIpc) is 2.45. The number of piperidine rings is 1. The van der Waals surface area contributed by atoms with Crippen LogP contribution in [0.5, 0.6) is 0 Å². The number of nitrogens with one attached hydrogen (secondary N) is 1. The van der Waals surface area contributed by atoms with Crippen LogP contribution in [0.2, 0.25) is 0 Å². The Morgan fingerprint density at radius 2 is 2.05 bits per heavy atom. The molecule has 1 aromatic heterocycles. The third-order valence-electron chi connectivity index (χ3n) is 4.15. The van der Waals surface area contributed by atoms with Crippen LogP contribution in [-0.2, 0) is 11.3 Å². The molecule has 0 radical (unpaired) electrons. The third-order valence-corrected chi connectivity index (χ3v) is 4.15. The molecule has 1 amide bonds. The van der Waals surface area contributed by atoms with Crippen molar-refractivity contribution in [1.29, 1.82) is 0 Å². The third kappa shape index (κ3) is 4.27. The van der Waals surface area contributed by atoms with Gasteiger partial charge in [0.05, 0.1) is 0 Å². The van der Waals surface area contributed by atoms with E-state index in [4.69, 9.17) is 0 Å². The Morgan fingerprint density at radius 3 is 2.62 bits per heavy atom. The molecule has 0 atom stereocenters. The van der Waals surface area contributed by atoms with Crippen LogP contribution >= 0.6 is 0 Å². The van der Waals surface area contributed by atoms with E-state index in [1.54, 1.807) is 0 Å². The topological polar surface area (TPSA) is 45.2 Å². The summed E-state index contributed by atoms with van der Waals surface area (Å²) in [5.74, 6) is 0.268. The molecule has 2 rings (SSSR count). The number of carbonyl (C=O) groups is 1. The van der Waals surface area contributed by atoms with E-state index in [0.717, 1.165) is 32.5 Å². The first-order valence-corrected chi connectivity index (χ1v) is 7.80. The van der Waals surface area contributed by atoms with Crippen molar-refractivity contribution in [3.8, 4) is 0 Å². The summed E-state index contributed by atoms with van der Waals surface area (Å²) >= 11 is 0. The van der Waals surface area contributed by atoms with Crippen LogP contribution in [0, 0.1) is 12.3 Å². The van der Waals surface area contributed by atoms with Gasteiger partial charge in [-0.1, -0.05) is 20.8 Å². The van der Waals surface area contributed by atoms with Crippen LogP contribution in [0.3, 0.4) is 0 Å². The number of amides is 1. The van der Waals surface area contributed by atoms with Gasteiger partial charge in [0.1, 0.15) is 0 Å². The highest BCUT2D eigenvalue weighted by atomic mass is 16.2. The van der Waals surface area contributed by atoms with E-state index in [-0.39, 0.29) is 11.3 Å². The average molecular weight is 289 g/mol. The van der Waals surface area contributed by atoms with Gasteiger partial charge in [0.15, 0.2) is 0 Å². The van der Waals surface area contributed by atoms with E-state index in [0.29, 0.717) is 6.04 Å². The Kier molecular flexibility index (Phi) is 4.99. The first-order chi connectivity index (χ1) is 9.88. The van der Waals surface area contributed by atoms with Gasteiger partial charge >= 0.3 is 0 Å². The molecule has 1 saturated heterocycles. The molecule has 1 aromatic rings. The number of nitrogens with zero attached hydrogens (tertiary/aromatic N) is 2.